The molecule has 1 aromatic heterocycles. The predicted molar refractivity (Wildman–Crippen MR) is 108 cm³/mol. The lowest BCUT2D eigenvalue weighted by molar-refractivity contribution is -0.136. The quantitative estimate of drug-likeness (QED) is 0.665. The lowest BCUT2D eigenvalue weighted by Crippen LogP contribution is -2.62. The minimum atomic E-state index is -0.496. The molecule has 0 bridgehead atoms. The van der Waals surface area contributed by atoms with Crippen molar-refractivity contribution in [3.8, 4) is 0 Å². The molecular weight excluding hydrogens is 338 g/mol. The number of aryl methyl sites for hydroxylation is 1. The van der Waals surface area contributed by atoms with Crippen molar-refractivity contribution < 1.29 is 9.59 Å². The van der Waals surface area contributed by atoms with Crippen LogP contribution in [-0.4, -0.2) is 28.5 Å². The first-order chi connectivity index (χ1) is 13.1. The van der Waals surface area contributed by atoms with Gasteiger partial charge in [-0.2, -0.15) is 0 Å². The molecule has 3 rings (SSSR count). The second-order valence-corrected chi connectivity index (χ2v) is 7.67. The molecule has 2 heterocycles. The first-order valence-electron chi connectivity index (χ1n) is 10.2. The van der Waals surface area contributed by atoms with E-state index in [0.29, 0.717) is 6.42 Å². The zero-order valence-corrected chi connectivity index (χ0v) is 16.5. The van der Waals surface area contributed by atoms with E-state index in [9.17, 15) is 9.59 Å². The van der Waals surface area contributed by atoms with Crippen LogP contribution in [0.15, 0.2) is 30.5 Å². The number of fused-ring (bicyclic) bond motifs is 1. The van der Waals surface area contributed by atoms with Gasteiger partial charge >= 0.3 is 0 Å². The fourth-order valence-corrected chi connectivity index (χ4v) is 3.96. The summed E-state index contributed by atoms with van der Waals surface area (Å²) >= 11 is 0. The molecule has 2 amide bonds. The zero-order chi connectivity index (χ0) is 19.2. The fourth-order valence-electron chi connectivity index (χ4n) is 3.96. The van der Waals surface area contributed by atoms with Crippen molar-refractivity contribution >= 4 is 22.7 Å². The number of carbonyl (C=O) groups is 2. The van der Waals surface area contributed by atoms with Crippen LogP contribution in [0.25, 0.3) is 10.9 Å². The maximum Gasteiger partial charge on any atom is 0.243 e. The van der Waals surface area contributed by atoms with E-state index in [4.69, 9.17) is 0 Å². The second-order valence-electron chi connectivity index (χ2n) is 7.67. The van der Waals surface area contributed by atoms with Crippen molar-refractivity contribution in [1.82, 2.24) is 15.2 Å². The van der Waals surface area contributed by atoms with Gasteiger partial charge in [0.15, 0.2) is 0 Å². The number of rotatable bonds is 9. The number of unbranched alkanes of at least 4 members (excludes halogenated alkanes) is 5. The minimum absolute atomic E-state index is 0.0478. The number of nitrogens with one attached hydrogen (secondary N) is 2. The van der Waals surface area contributed by atoms with E-state index in [2.05, 4.69) is 34.3 Å². The van der Waals surface area contributed by atoms with Crippen LogP contribution in [-0.2, 0) is 23.1 Å². The Labute approximate surface area is 161 Å². The molecule has 1 aliphatic rings. The first-order valence-corrected chi connectivity index (χ1v) is 10.2. The summed E-state index contributed by atoms with van der Waals surface area (Å²) in [7, 11) is 2.00. The van der Waals surface area contributed by atoms with Gasteiger partial charge < -0.3 is 15.2 Å². The van der Waals surface area contributed by atoms with Crippen LogP contribution in [0, 0.1) is 0 Å². The van der Waals surface area contributed by atoms with Gasteiger partial charge in [-0.1, -0.05) is 63.6 Å². The third kappa shape index (κ3) is 4.71. The molecule has 1 fully saturated rings. The Hall–Kier alpha value is -2.30. The van der Waals surface area contributed by atoms with E-state index >= 15 is 0 Å². The van der Waals surface area contributed by atoms with Crippen molar-refractivity contribution in [2.75, 3.05) is 0 Å². The number of piperazine rings is 1. The van der Waals surface area contributed by atoms with Gasteiger partial charge in [-0.3, -0.25) is 9.59 Å². The number of carbonyl (C=O) groups excluding carboxylic acids is 2. The molecule has 2 N–H and O–H groups in total. The van der Waals surface area contributed by atoms with Crippen molar-refractivity contribution in [3.63, 3.8) is 0 Å². The Bertz CT molecular complexity index is 796. The van der Waals surface area contributed by atoms with Crippen molar-refractivity contribution in [2.45, 2.75) is 70.4 Å². The summed E-state index contributed by atoms with van der Waals surface area (Å²) in [5.74, 6) is -0.119. The Balaban J connectivity index is 1.54. The maximum absolute atomic E-state index is 12.5. The number of amides is 2. The van der Waals surface area contributed by atoms with E-state index < -0.39 is 6.04 Å². The topological polar surface area (TPSA) is 63.1 Å². The highest BCUT2D eigenvalue weighted by Gasteiger charge is 2.33. The summed E-state index contributed by atoms with van der Waals surface area (Å²) in [5.41, 5.74) is 2.22. The predicted octanol–water partition coefficient (Wildman–Crippen LogP) is 3.45. The molecule has 27 heavy (non-hydrogen) atoms. The van der Waals surface area contributed by atoms with Crippen molar-refractivity contribution in [3.05, 3.63) is 36.0 Å². The number of benzene rings is 1. The summed E-state index contributed by atoms with van der Waals surface area (Å²) in [4.78, 5) is 25.0. The highest BCUT2D eigenvalue weighted by atomic mass is 16.2. The van der Waals surface area contributed by atoms with Crippen LogP contribution in [0.1, 0.15) is 57.4 Å². The summed E-state index contributed by atoms with van der Waals surface area (Å²) in [6.07, 6.45) is 10.4. The number of nitrogens with zero attached hydrogens (tertiary/aromatic N) is 1. The average Bonchev–Trinajstić information content (AvgIpc) is 2.98. The summed E-state index contributed by atoms with van der Waals surface area (Å²) in [6, 6.07) is 7.26. The molecule has 1 aromatic carbocycles. The highest BCUT2D eigenvalue weighted by Crippen LogP contribution is 2.22. The van der Waals surface area contributed by atoms with Gasteiger partial charge in [0.05, 0.1) is 0 Å². The molecule has 0 saturated carbocycles. The molecular formula is C22H31N3O2. The fraction of sp³-hybridized carbons (Fsp3) is 0.545. The Morgan fingerprint density at radius 3 is 2.41 bits per heavy atom. The maximum atomic E-state index is 12.5. The third-order valence-corrected chi connectivity index (χ3v) is 5.52. The summed E-state index contributed by atoms with van der Waals surface area (Å²) < 4.78 is 2.06. The number of para-hydroxylation sites is 1. The Kier molecular flexibility index (Phi) is 6.54. The SMILES string of the molecule is CCCCCCCC[C@H]1NC(=O)[C@@H](Cc2cn(C)c3ccccc23)NC1=O. The standard InChI is InChI=1S/C22H31N3O2/c1-3-4-5-6-7-8-12-18-21(26)24-19(22(27)23-18)14-16-15-25(2)20-13-10-9-11-17(16)20/h9-11,13,15,18-19H,3-8,12,14H2,1-2H3,(H,23,27)(H,24,26)/t18-,19-/m1/s1. The van der Waals surface area contributed by atoms with Crippen LogP contribution >= 0.6 is 0 Å². The molecule has 5 heteroatoms. The smallest absolute Gasteiger partial charge is 0.243 e. The molecule has 146 valence electrons. The monoisotopic (exact) mass is 369 g/mol. The van der Waals surface area contributed by atoms with E-state index in [1.807, 2.05) is 25.4 Å². The van der Waals surface area contributed by atoms with Crippen LogP contribution in [0.5, 0.6) is 0 Å². The molecule has 0 unspecified atom stereocenters. The highest BCUT2D eigenvalue weighted by molar-refractivity contribution is 5.97. The van der Waals surface area contributed by atoms with Gasteiger partial charge in [0.2, 0.25) is 11.8 Å². The average molecular weight is 370 g/mol. The summed E-state index contributed by atoms with van der Waals surface area (Å²) in [5, 5.41) is 7.01. The molecule has 0 spiro atoms. The van der Waals surface area contributed by atoms with Crippen LogP contribution in [0.2, 0.25) is 0 Å². The lowest BCUT2D eigenvalue weighted by atomic mass is 9.99. The number of aromatic nitrogens is 1. The Morgan fingerprint density at radius 2 is 1.59 bits per heavy atom. The molecule has 1 aliphatic heterocycles. The van der Waals surface area contributed by atoms with E-state index in [-0.39, 0.29) is 17.9 Å². The minimum Gasteiger partial charge on any atom is -0.350 e. The number of hydrogen-bond acceptors (Lipinski definition) is 2. The zero-order valence-electron chi connectivity index (χ0n) is 16.5. The van der Waals surface area contributed by atoms with Gasteiger partial charge in [-0.05, 0) is 18.1 Å². The van der Waals surface area contributed by atoms with Gasteiger partial charge in [0.1, 0.15) is 12.1 Å². The van der Waals surface area contributed by atoms with Crippen molar-refractivity contribution in [2.24, 2.45) is 7.05 Å². The molecule has 5 nitrogen and oxygen atoms in total. The van der Waals surface area contributed by atoms with Gasteiger partial charge in [0, 0.05) is 30.6 Å². The largest absolute Gasteiger partial charge is 0.350 e. The van der Waals surface area contributed by atoms with E-state index in [1.165, 1.54) is 25.7 Å². The summed E-state index contributed by atoms with van der Waals surface area (Å²) in [6.45, 7) is 2.20. The van der Waals surface area contributed by atoms with Crippen molar-refractivity contribution in [1.29, 1.82) is 0 Å². The molecule has 2 aromatic rings. The van der Waals surface area contributed by atoms with E-state index in [1.54, 1.807) is 0 Å². The van der Waals surface area contributed by atoms with Gasteiger partial charge in [-0.15, -0.1) is 0 Å². The van der Waals surface area contributed by atoms with E-state index in [0.717, 1.165) is 35.7 Å². The molecule has 0 aliphatic carbocycles. The third-order valence-electron chi connectivity index (χ3n) is 5.52. The molecule has 1 saturated heterocycles. The Morgan fingerprint density at radius 1 is 0.926 bits per heavy atom. The van der Waals surface area contributed by atoms with Gasteiger partial charge in [-0.25, -0.2) is 0 Å². The van der Waals surface area contributed by atoms with Crippen LogP contribution < -0.4 is 10.6 Å². The van der Waals surface area contributed by atoms with Crippen LogP contribution in [0.3, 0.4) is 0 Å². The lowest BCUT2D eigenvalue weighted by Gasteiger charge is -2.29. The molecule has 0 radical (unpaired) electrons. The molecule has 2 atom stereocenters. The first kappa shape index (κ1) is 19.5. The van der Waals surface area contributed by atoms with Gasteiger partial charge in [0.25, 0.3) is 0 Å². The normalized spacial score (nSPS) is 19.9. The van der Waals surface area contributed by atoms with Crippen LogP contribution in [0.4, 0.5) is 0 Å². The second kappa shape index (κ2) is 9.07. The number of hydrogen-bond donors (Lipinski definition) is 2.